The summed E-state index contributed by atoms with van der Waals surface area (Å²) in [7, 11) is 0. The Kier molecular flexibility index (Phi) is 5.60. The molecule has 27 heavy (non-hydrogen) atoms. The number of nitrogens with one attached hydrogen (secondary N) is 2. The van der Waals surface area contributed by atoms with Gasteiger partial charge in [0.25, 0.3) is 5.91 Å². The fraction of sp³-hybridized carbons (Fsp3) is 0.368. The van der Waals surface area contributed by atoms with Crippen molar-refractivity contribution in [2.75, 3.05) is 6.54 Å². The van der Waals surface area contributed by atoms with Crippen LogP contribution in [0.4, 0.5) is 0 Å². The topological polar surface area (TPSA) is 94.6 Å². The first-order chi connectivity index (χ1) is 12.9. The van der Waals surface area contributed by atoms with E-state index in [0.717, 1.165) is 16.5 Å². The van der Waals surface area contributed by atoms with E-state index in [-0.39, 0.29) is 24.3 Å². The van der Waals surface area contributed by atoms with Gasteiger partial charge in [-0.1, -0.05) is 11.6 Å². The molecule has 3 rings (SSSR count). The molecule has 7 nitrogen and oxygen atoms in total. The van der Waals surface area contributed by atoms with Gasteiger partial charge >= 0.3 is 0 Å². The number of fused-ring (bicyclic) bond motifs is 1. The normalized spacial score (nSPS) is 19.3. The lowest BCUT2D eigenvalue weighted by Crippen LogP contribution is -2.41. The Morgan fingerprint density at radius 2 is 2.19 bits per heavy atom. The molecule has 0 spiro atoms. The molecule has 2 aromatic rings. The number of carbonyl (C=O) groups excluding carboxylic acids is 3. The number of benzene rings is 1. The van der Waals surface area contributed by atoms with Crippen molar-refractivity contribution in [3.8, 4) is 0 Å². The quantitative estimate of drug-likeness (QED) is 0.768. The minimum Gasteiger partial charge on any atom is -0.361 e. The van der Waals surface area contributed by atoms with Crippen molar-refractivity contribution in [2.24, 2.45) is 4.99 Å². The van der Waals surface area contributed by atoms with E-state index in [1.54, 1.807) is 6.07 Å². The van der Waals surface area contributed by atoms with E-state index in [2.05, 4.69) is 22.0 Å². The van der Waals surface area contributed by atoms with Crippen LogP contribution in [0.5, 0.6) is 0 Å². The first-order valence-corrected chi connectivity index (χ1v) is 9.09. The molecule has 1 saturated heterocycles. The van der Waals surface area contributed by atoms with Crippen LogP contribution in [-0.4, -0.2) is 53.0 Å². The molecule has 3 amide bonds. The SMILES string of the molecule is C=NC(=O)[C@@H]1C[C@H](NC(C)=O)CN1C(=O)CCc1c[nH]c2ccc(Cl)cc12. The molecule has 1 aliphatic rings. The van der Waals surface area contributed by atoms with E-state index >= 15 is 0 Å². The Morgan fingerprint density at radius 3 is 2.89 bits per heavy atom. The van der Waals surface area contributed by atoms with Gasteiger partial charge in [0.05, 0.1) is 0 Å². The minimum absolute atomic E-state index is 0.152. The summed E-state index contributed by atoms with van der Waals surface area (Å²) in [4.78, 5) is 44.3. The minimum atomic E-state index is -0.677. The summed E-state index contributed by atoms with van der Waals surface area (Å²) in [5.41, 5.74) is 1.95. The van der Waals surface area contributed by atoms with Crippen molar-refractivity contribution in [1.82, 2.24) is 15.2 Å². The smallest absolute Gasteiger partial charge is 0.267 e. The van der Waals surface area contributed by atoms with Crippen LogP contribution in [0.25, 0.3) is 10.9 Å². The van der Waals surface area contributed by atoms with Crippen LogP contribution in [0.1, 0.15) is 25.3 Å². The lowest BCUT2D eigenvalue weighted by Gasteiger charge is -2.22. The fourth-order valence-electron chi connectivity index (χ4n) is 3.59. The molecule has 2 N–H and O–H groups in total. The molecule has 1 fully saturated rings. The molecule has 0 bridgehead atoms. The van der Waals surface area contributed by atoms with Crippen LogP contribution in [0.15, 0.2) is 29.4 Å². The molecule has 1 aromatic heterocycles. The van der Waals surface area contributed by atoms with Crippen molar-refractivity contribution < 1.29 is 14.4 Å². The Labute approximate surface area is 161 Å². The molecule has 8 heteroatoms. The fourth-order valence-corrected chi connectivity index (χ4v) is 3.76. The maximum absolute atomic E-state index is 12.8. The second kappa shape index (κ2) is 7.92. The Hall–Kier alpha value is -2.67. The van der Waals surface area contributed by atoms with Gasteiger partial charge in [-0.15, -0.1) is 0 Å². The number of aryl methyl sites for hydroxylation is 1. The Balaban J connectivity index is 1.71. The molecular formula is C19H21ClN4O3. The Bertz CT molecular complexity index is 907. The standard InChI is InChI=1S/C19H21ClN4O3/c1-11(25)23-14-8-17(19(27)21-2)24(10-14)18(26)6-3-12-9-22-16-5-4-13(20)7-15(12)16/h4-5,7,9,14,17,22H,2-3,6,8,10H2,1H3,(H,23,25)/t14-,17-/m0/s1. The molecule has 0 unspecified atom stereocenters. The third-order valence-corrected chi connectivity index (χ3v) is 5.04. The molecular weight excluding hydrogens is 368 g/mol. The number of nitrogens with zero attached hydrogens (tertiary/aromatic N) is 2. The van der Waals surface area contributed by atoms with Crippen LogP contribution in [0.2, 0.25) is 5.02 Å². The molecule has 0 saturated carbocycles. The first kappa shape index (κ1) is 19.1. The lowest BCUT2D eigenvalue weighted by molar-refractivity contribution is -0.137. The lowest BCUT2D eigenvalue weighted by atomic mass is 10.1. The highest BCUT2D eigenvalue weighted by molar-refractivity contribution is 6.31. The highest BCUT2D eigenvalue weighted by Crippen LogP contribution is 2.25. The van der Waals surface area contributed by atoms with Crippen molar-refractivity contribution in [2.45, 2.75) is 38.3 Å². The summed E-state index contributed by atoms with van der Waals surface area (Å²) in [6.07, 6.45) is 2.98. The van der Waals surface area contributed by atoms with Gasteiger partial charge in [0, 0.05) is 48.1 Å². The number of rotatable bonds is 5. The van der Waals surface area contributed by atoms with E-state index in [0.29, 0.717) is 24.4 Å². The van der Waals surface area contributed by atoms with E-state index in [9.17, 15) is 14.4 Å². The van der Waals surface area contributed by atoms with Gasteiger partial charge in [-0.25, -0.2) is 4.99 Å². The molecule has 2 heterocycles. The van der Waals surface area contributed by atoms with Gasteiger partial charge in [-0.2, -0.15) is 0 Å². The number of carbonyl (C=O) groups is 3. The zero-order valence-corrected chi connectivity index (χ0v) is 15.8. The van der Waals surface area contributed by atoms with E-state index < -0.39 is 11.9 Å². The van der Waals surface area contributed by atoms with Gasteiger partial charge in [0.1, 0.15) is 6.04 Å². The summed E-state index contributed by atoms with van der Waals surface area (Å²) in [6, 6.07) is 4.63. The van der Waals surface area contributed by atoms with Crippen LogP contribution < -0.4 is 5.32 Å². The number of likely N-dealkylation sites (tertiary alicyclic amines) is 1. The van der Waals surface area contributed by atoms with Gasteiger partial charge in [0.15, 0.2) is 0 Å². The molecule has 142 valence electrons. The first-order valence-electron chi connectivity index (χ1n) is 8.71. The summed E-state index contributed by atoms with van der Waals surface area (Å²) < 4.78 is 0. The zero-order chi connectivity index (χ0) is 19.6. The summed E-state index contributed by atoms with van der Waals surface area (Å²) in [5.74, 6) is -0.793. The van der Waals surface area contributed by atoms with Gasteiger partial charge < -0.3 is 15.2 Å². The maximum atomic E-state index is 12.8. The van der Waals surface area contributed by atoms with E-state index in [1.807, 2.05) is 18.3 Å². The molecule has 1 aliphatic heterocycles. The third kappa shape index (κ3) is 4.19. The van der Waals surface area contributed by atoms with Crippen LogP contribution in [0, 0.1) is 0 Å². The molecule has 1 aromatic carbocycles. The highest BCUT2D eigenvalue weighted by atomic mass is 35.5. The largest absolute Gasteiger partial charge is 0.361 e. The number of aliphatic imine (C=N–C) groups is 1. The molecule has 0 aliphatic carbocycles. The average molecular weight is 389 g/mol. The zero-order valence-electron chi connectivity index (χ0n) is 15.0. The third-order valence-electron chi connectivity index (χ3n) is 4.81. The van der Waals surface area contributed by atoms with Crippen molar-refractivity contribution in [1.29, 1.82) is 0 Å². The summed E-state index contributed by atoms with van der Waals surface area (Å²) in [6.45, 7) is 4.98. The van der Waals surface area contributed by atoms with Crippen LogP contribution >= 0.6 is 11.6 Å². The van der Waals surface area contributed by atoms with Gasteiger partial charge in [-0.3, -0.25) is 14.4 Å². The van der Waals surface area contributed by atoms with E-state index in [1.165, 1.54) is 11.8 Å². The molecule has 2 atom stereocenters. The predicted molar refractivity (Wildman–Crippen MR) is 104 cm³/mol. The van der Waals surface area contributed by atoms with Crippen LogP contribution in [0.3, 0.4) is 0 Å². The monoisotopic (exact) mass is 388 g/mol. The number of hydrogen-bond donors (Lipinski definition) is 2. The Morgan fingerprint density at radius 1 is 1.41 bits per heavy atom. The number of aromatic amines is 1. The number of H-pyrrole nitrogens is 1. The molecule has 0 radical (unpaired) electrons. The number of aromatic nitrogens is 1. The van der Waals surface area contributed by atoms with Gasteiger partial charge in [0.2, 0.25) is 11.8 Å². The highest BCUT2D eigenvalue weighted by Gasteiger charge is 2.39. The average Bonchev–Trinajstić information content (AvgIpc) is 3.22. The van der Waals surface area contributed by atoms with Gasteiger partial charge in [-0.05, 0) is 43.3 Å². The summed E-state index contributed by atoms with van der Waals surface area (Å²) in [5, 5.41) is 4.38. The predicted octanol–water partition coefficient (Wildman–Crippen LogP) is 2.09. The summed E-state index contributed by atoms with van der Waals surface area (Å²) >= 11 is 6.06. The van der Waals surface area contributed by atoms with E-state index in [4.69, 9.17) is 11.6 Å². The van der Waals surface area contributed by atoms with Crippen molar-refractivity contribution >= 4 is 46.9 Å². The number of halogens is 1. The van der Waals surface area contributed by atoms with Crippen LogP contribution in [-0.2, 0) is 20.8 Å². The second-order valence-corrected chi connectivity index (χ2v) is 7.13. The maximum Gasteiger partial charge on any atom is 0.267 e. The number of amides is 3. The second-order valence-electron chi connectivity index (χ2n) is 6.70. The number of hydrogen-bond acceptors (Lipinski definition) is 3. The van der Waals surface area contributed by atoms with Crippen molar-refractivity contribution in [3.63, 3.8) is 0 Å². The van der Waals surface area contributed by atoms with Crippen molar-refractivity contribution in [3.05, 3.63) is 35.0 Å².